The number of rotatable bonds is 6. The number of hydrogen-bond acceptors (Lipinski definition) is 5. The number of carbonyl (C=O) groups excluding carboxylic acids is 2. The summed E-state index contributed by atoms with van der Waals surface area (Å²) in [6.07, 6.45) is 0. The summed E-state index contributed by atoms with van der Waals surface area (Å²) >= 11 is 0. The number of hydrogen-bond donors (Lipinski definition) is 2. The molecule has 2 amide bonds. The molecule has 1 saturated heterocycles. The normalized spacial score (nSPS) is 19.2. The van der Waals surface area contributed by atoms with Gasteiger partial charge in [0.1, 0.15) is 5.82 Å². The Morgan fingerprint density at radius 3 is 2.52 bits per heavy atom. The average molecular weight is 453 g/mol. The van der Waals surface area contributed by atoms with Crippen molar-refractivity contribution >= 4 is 17.7 Å². The Labute approximate surface area is 193 Å². The van der Waals surface area contributed by atoms with Gasteiger partial charge in [-0.3, -0.25) is 4.90 Å². The molecular formula is C25H29FN4O3. The minimum absolute atomic E-state index is 0.217. The van der Waals surface area contributed by atoms with E-state index in [1.807, 2.05) is 0 Å². The van der Waals surface area contributed by atoms with Crippen LogP contribution in [-0.4, -0.2) is 56.2 Å². The van der Waals surface area contributed by atoms with E-state index in [0.29, 0.717) is 23.4 Å². The Balaban J connectivity index is 1.55. The summed E-state index contributed by atoms with van der Waals surface area (Å²) in [6, 6.07) is 13.1. The average Bonchev–Trinajstić information content (AvgIpc) is 2.80. The lowest BCUT2D eigenvalue weighted by molar-refractivity contribution is -0.139. The molecule has 7 nitrogen and oxygen atoms in total. The lowest BCUT2D eigenvalue weighted by Gasteiger charge is -2.38. The highest BCUT2D eigenvalue weighted by atomic mass is 19.1. The highest BCUT2D eigenvalue weighted by molar-refractivity contribution is 5.95. The van der Waals surface area contributed by atoms with Crippen LogP contribution < -0.4 is 15.5 Å². The van der Waals surface area contributed by atoms with Crippen LogP contribution in [0.1, 0.15) is 24.1 Å². The maximum absolute atomic E-state index is 13.5. The molecule has 2 aliphatic heterocycles. The third-order valence-electron chi connectivity index (χ3n) is 5.97. The van der Waals surface area contributed by atoms with Crippen LogP contribution in [0, 0.1) is 12.7 Å². The zero-order valence-corrected chi connectivity index (χ0v) is 18.9. The summed E-state index contributed by atoms with van der Waals surface area (Å²) in [6.45, 7) is 7.73. The van der Waals surface area contributed by atoms with E-state index in [9.17, 15) is 14.0 Å². The first kappa shape index (κ1) is 22.8. The summed E-state index contributed by atoms with van der Waals surface area (Å²) in [4.78, 5) is 29.9. The number of halogens is 1. The van der Waals surface area contributed by atoms with E-state index in [1.54, 1.807) is 19.1 Å². The quantitative estimate of drug-likeness (QED) is 0.659. The largest absolute Gasteiger partial charge is 0.463 e. The number of carbonyl (C=O) groups is 2. The first-order chi connectivity index (χ1) is 15.9. The van der Waals surface area contributed by atoms with Crippen LogP contribution in [-0.2, 0) is 9.53 Å². The fourth-order valence-electron chi connectivity index (χ4n) is 4.31. The van der Waals surface area contributed by atoms with Gasteiger partial charge in [-0.05, 0) is 49.2 Å². The third-order valence-corrected chi connectivity index (χ3v) is 5.97. The zero-order chi connectivity index (χ0) is 23.4. The number of amides is 2. The summed E-state index contributed by atoms with van der Waals surface area (Å²) in [5.74, 6) is -0.875. The maximum atomic E-state index is 13.5. The molecule has 2 heterocycles. The number of piperazine rings is 1. The number of aryl methyl sites for hydroxylation is 1. The van der Waals surface area contributed by atoms with Gasteiger partial charge in [-0.2, -0.15) is 0 Å². The minimum Gasteiger partial charge on any atom is -0.463 e. The van der Waals surface area contributed by atoms with Crippen LogP contribution in [0.15, 0.2) is 59.8 Å². The molecule has 0 unspecified atom stereocenters. The van der Waals surface area contributed by atoms with Crippen molar-refractivity contribution in [2.24, 2.45) is 0 Å². The number of esters is 1. The first-order valence-electron chi connectivity index (χ1n) is 11.2. The van der Waals surface area contributed by atoms with Crippen molar-refractivity contribution in [3.8, 4) is 0 Å². The predicted octanol–water partition coefficient (Wildman–Crippen LogP) is 3.13. The Morgan fingerprint density at radius 1 is 1.12 bits per heavy atom. The van der Waals surface area contributed by atoms with Crippen LogP contribution in [0.25, 0.3) is 0 Å². The van der Waals surface area contributed by atoms with E-state index in [4.69, 9.17) is 4.74 Å². The van der Waals surface area contributed by atoms with Crippen molar-refractivity contribution < 1.29 is 18.7 Å². The molecule has 33 heavy (non-hydrogen) atoms. The van der Waals surface area contributed by atoms with Gasteiger partial charge in [0, 0.05) is 44.1 Å². The summed E-state index contributed by atoms with van der Waals surface area (Å²) < 4.78 is 18.8. The van der Waals surface area contributed by atoms with Gasteiger partial charge in [0.2, 0.25) is 0 Å². The van der Waals surface area contributed by atoms with Crippen molar-refractivity contribution in [3.63, 3.8) is 0 Å². The van der Waals surface area contributed by atoms with Crippen molar-refractivity contribution in [2.75, 3.05) is 44.2 Å². The topological polar surface area (TPSA) is 73.9 Å². The molecule has 0 spiro atoms. The molecule has 0 aliphatic carbocycles. The van der Waals surface area contributed by atoms with Crippen LogP contribution in [0.2, 0.25) is 0 Å². The molecule has 1 atom stereocenters. The molecule has 2 aromatic carbocycles. The molecule has 174 valence electrons. The number of ether oxygens (including phenoxy) is 1. The number of anilines is 1. The molecule has 0 bridgehead atoms. The molecular weight excluding hydrogens is 423 g/mol. The Hall–Kier alpha value is -3.39. The van der Waals surface area contributed by atoms with Crippen molar-refractivity contribution in [1.82, 2.24) is 15.5 Å². The third kappa shape index (κ3) is 5.34. The van der Waals surface area contributed by atoms with Gasteiger partial charge in [0.05, 0.1) is 18.2 Å². The highest BCUT2D eigenvalue weighted by Gasteiger charge is 2.34. The number of urea groups is 1. The van der Waals surface area contributed by atoms with E-state index in [2.05, 4.69) is 51.6 Å². The number of nitrogens with one attached hydrogen (secondary N) is 2. The zero-order valence-electron chi connectivity index (χ0n) is 18.9. The van der Waals surface area contributed by atoms with Gasteiger partial charge in [-0.15, -0.1) is 0 Å². The van der Waals surface area contributed by atoms with Crippen molar-refractivity contribution in [1.29, 1.82) is 0 Å². The monoisotopic (exact) mass is 452 g/mol. The van der Waals surface area contributed by atoms with Crippen LogP contribution >= 0.6 is 0 Å². The van der Waals surface area contributed by atoms with Crippen LogP contribution in [0.3, 0.4) is 0 Å². The first-order valence-corrected chi connectivity index (χ1v) is 11.2. The second-order valence-corrected chi connectivity index (χ2v) is 8.30. The fourth-order valence-corrected chi connectivity index (χ4v) is 4.31. The van der Waals surface area contributed by atoms with E-state index in [-0.39, 0.29) is 12.4 Å². The summed E-state index contributed by atoms with van der Waals surface area (Å²) in [7, 11) is 0. The van der Waals surface area contributed by atoms with Crippen LogP contribution in [0.4, 0.5) is 14.9 Å². The van der Waals surface area contributed by atoms with E-state index in [0.717, 1.165) is 26.2 Å². The summed E-state index contributed by atoms with van der Waals surface area (Å²) in [5.41, 5.74) is 3.92. The van der Waals surface area contributed by atoms with Crippen LogP contribution in [0.5, 0.6) is 0 Å². The molecule has 2 aliphatic rings. The molecule has 0 saturated carbocycles. The van der Waals surface area contributed by atoms with Gasteiger partial charge < -0.3 is 20.3 Å². The van der Waals surface area contributed by atoms with Gasteiger partial charge in [-0.25, -0.2) is 14.0 Å². The molecule has 2 aromatic rings. The highest BCUT2D eigenvalue weighted by Crippen LogP contribution is 2.29. The Bertz CT molecular complexity index is 1050. The maximum Gasteiger partial charge on any atom is 0.338 e. The van der Waals surface area contributed by atoms with Crippen molar-refractivity contribution in [2.45, 2.75) is 19.9 Å². The van der Waals surface area contributed by atoms with E-state index >= 15 is 0 Å². The second-order valence-electron chi connectivity index (χ2n) is 8.30. The van der Waals surface area contributed by atoms with E-state index < -0.39 is 18.0 Å². The molecule has 2 N–H and O–H groups in total. The smallest absolute Gasteiger partial charge is 0.338 e. The van der Waals surface area contributed by atoms with E-state index in [1.165, 1.54) is 23.4 Å². The molecule has 4 rings (SSSR count). The van der Waals surface area contributed by atoms with Gasteiger partial charge in [0.25, 0.3) is 0 Å². The Kier molecular flexibility index (Phi) is 6.93. The molecule has 0 aromatic heterocycles. The predicted molar refractivity (Wildman–Crippen MR) is 124 cm³/mol. The second kappa shape index (κ2) is 10.0. The van der Waals surface area contributed by atoms with Gasteiger partial charge >= 0.3 is 12.0 Å². The minimum atomic E-state index is -0.706. The summed E-state index contributed by atoms with van der Waals surface area (Å²) in [5, 5.41) is 5.60. The fraction of sp³-hybridized carbons (Fsp3) is 0.360. The number of nitrogens with zero attached hydrogens (tertiary/aromatic N) is 2. The van der Waals surface area contributed by atoms with Crippen molar-refractivity contribution in [3.05, 3.63) is 76.7 Å². The molecule has 8 heteroatoms. The SMILES string of the molecule is CCOC(=O)C1=C(CN2CCN(c3cccc(C)c3)CC2)NC(=O)N[C@H]1c1ccc(F)cc1. The van der Waals surface area contributed by atoms with Gasteiger partial charge in [-0.1, -0.05) is 24.3 Å². The Morgan fingerprint density at radius 2 is 1.85 bits per heavy atom. The standard InChI is InChI=1S/C25H29FN4O3/c1-3-33-24(31)22-21(27-25(32)28-23(22)18-7-9-19(26)10-8-18)16-29-11-13-30(14-12-29)20-6-4-5-17(2)15-20/h4-10,15,23H,3,11-14,16H2,1-2H3,(H2,27,28,32)/t23-/m0/s1. The van der Waals surface area contributed by atoms with Gasteiger partial charge in [0.15, 0.2) is 0 Å². The molecule has 1 fully saturated rings. The lowest BCUT2D eigenvalue weighted by Crippen LogP contribution is -2.51. The lowest BCUT2D eigenvalue weighted by atomic mass is 9.95. The molecule has 0 radical (unpaired) electrons. The number of benzene rings is 2.